The standard InChI is InChI=1S/C26H27N5O3S/c27-22-21-19(18-9-13-34-15-18)14-20(30-25(21)35-23(22)24(28)32)17-7-11-31(12-8-17)26(33)29-10-6-16-4-2-1-3-5-16/h1-5,9,13-15,17H,6-8,10-12,27H2,(H2,28,32)(H,29,33). The van der Waals surface area contributed by atoms with Crippen molar-refractivity contribution in [3.63, 3.8) is 0 Å². The number of urea groups is 1. The number of rotatable bonds is 6. The number of hydrogen-bond acceptors (Lipinski definition) is 6. The first-order valence-corrected chi connectivity index (χ1v) is 12.4. The Morgan fingerprint density at radius 2 is 1.94 bits per heavy atom. The van der Waals surface area contributed by atoms with E-state index in [4.69, 9.17) is 20.9 Å². The molecule has 0 bridgehead atoms. The molecule has 35 heavy (non-hydrogen) atoms. The average molecular weight is 490 g/mol. The highest BCUT2D eigenvalue weighted by Gasteiger charge is 2.27. The zero-order valence-corrected chi connectivity index (χ0v) is 20.0. The number of pyridine rings is 1. The van der Waals surface area contributed by atoms with Crippen LogP contribution >= 0.6 is 11.3 Å². The number of carbonyl (C=O) groups excluding carboxylic acids is 2. The predicted molar refractivity (Wildman–Crippen MR) is 137 cm³/mol. The number of benzene rings is 1. The Morgan fingerprint density at radius 3 is 2.63 bits per heavy atom. The van der Waals surface area contributed by atoms with Gasteiger partial charge in [0.2, 0.25) is 0 Å². The van der Waals surface area contributed by atoms with Crippen molar-refractivity contribution in [3.05, 3.63) is 71.1 Å². The number of piperidine rings is 1. The lowest BCUT2D eigenvalue weighted by Gasteiger charge is -2.32. The Hall–Kier alpha value is -3.85. The number of likely N-dealkylation sites (tertiary alicyclic amines) is 1. The monoisotopic (exact) mass is 489 g/mol. The van der Waals surface area contributed by atoms with Crippen molar-refractivity contribution < 1.29 is 14.0 Å². The third-order valence-corrected chi connectivity index (χ3v) is 7.62. The highest BCUT2D eigenvalue weighted by molar-refractivity contribution is 7.21. The molecule has 1 saturated heterocycles. The molecule has 3 aromatic heterocycles. The van der Waals surface area contributed by atoms with E-state index in [0.717, 1.165) is 41.5 Å². The summed E-state index contributed by atoms with van der Waals surface area (Å²) < 4.78 is 5.30. The van der Waals surface area contributed by atoms with Crippen molar-refractivity contribution in [2.24, 2.45) is 5.73 Å². The van der Waals surface area contributed by atoms with E-state index in [1.165, 1.54) is 16.9 Å². The summed E-state index contributed by atoms with van der Waals surface area (Å²) in [6.45, 7) is 1.92. The summed E-state index contributed by atoms with van der Waals surface area (Å²) in [5, 5.41) is 3.76. The summed E-state index contributed by atoms with van der Waals surface area (Å²) in [5.41, 5.74) is 16.1. The first-order valence-electron chi connectivity index (χ1n) is 11.6. The summed E-state index contributed by atoms with van der Waals surface area (Å²) in [5.74, 6) is -0.365. The molecule has 1 aromatic carbocycles. The first-order chi connectivity index (χ1) is 17.0. The van der Waals surface area contributed by atoms with E-state index in [1.54, 1.807) is 12.5 Å². The highest BCUT2D eigenvalue weighted by Crippen LogP contribution is 2.41. The molecule has 5 N–H and O–H groups in total. The maximum atomic E-state index is 12.7. The Balaban J connectivity index is 1.30. The van der Waals surface area contributed by atoms with Gasteiger partial charge in [-0.1, -0.05) is 30.3 Å². The van der Waals surface area contributed by atoms with Crippen LogP contribution in [-0.4, -0.2) is 41.5 Å². The van der Waals surface area contributed by atoms with Gasteiger partial charge in [-0.2, -0.15) is 0 Å². The van der Waals surface area contributed by atoms with E-state index in [-0.39, 0.29) is 11.9 Å². The first kappa shape index (κ1) is 22.9. The third-order valence-electron chi connectivity index (χ3n) is 6.51. The number of nitrogen functional groups attached to an aromatic ring is 1. The number of primary amides is 1. The van der Waals surface area contributed by atoms with Gasteiger partial charge in [0.15, 0.2) is 0 Å². The van der Waals surface area contributed by atoms with Crippen LogP contribution in [0.15, 0.2) is 59.4 Å². The summed E-state index contributed by atoms with van der Waals surface area (Å²) in [4.78, 5) is 32.3. The van der Waals surface area contributed by atoms with Gasteiger partial charge in [0, 0.05) is 42.2 Å². The van der Waals surface area contributed by atoms with Crippen LogP contribution in [0.5, 0.6) is 0 Å². The molecule has 0 unspecified atom stereocenters. The molecule has 0 atom stereocenters. The summed E-state index contributed by atoms with van der Waals surface area (Å²) >= 11 is 1.22. The Morgan fingerprint density at radius 1 is 1.17 bits per heavy atom. The van der Waals surface area contributed by atoms with Gasteiger partial charge in [-0.05, 0) is 42.5 Å². The molecular weight excluding hydrogens is 462 g/mol. The van der Waals surface area contributed by atoms with Crippen molar-refractivity contribution in [1.29, 1.82) is 0 Å². The van der Waals surface area contributed by atoms with Gasteiger partial charge in [-0.3, -0.25) is 4.79 Å². The highest BCUT2D eigenvalue weighted by atomic mass is 32.1. The molecule has 0 radical (unpaired) electrons. The molecule has 0 spiro atoms. The fraction of sp³-hybridized carbons (Fsp3) is 0.269. The van der Waals surface area contributed by atoms with Gasteiger partial charge in [0.1, 0.15) is 9.71 Å². The van der Waals surface area contributed by atoms with Gasteiger partial charge in [-0.15, -0.1) is 11.3 Å². The van der Waals surface area contributed by atoms with Crippen LogP contribution in [0.1, 0.15) is 39.7 Å². The van der Waals surface area contributed by atoms with Crippen molar-refractivity contribution in [1.82, 2.24) is 15.2 Å². The molecule has 1 aliphatic rings. The van der Waals surface area contributed by atoms with Crippen molar-refractivity contribution in [3.8, 4) is 11.1 Å². The topological polar surface area (TPSA) is 127 Å². The lowest BCUT2D eigenvalue weighted by molar-refractivity contribution is 0.100. The number of furan rings is 1. The van der Waals surface area contributed by atoms with E-state index >= 15 is 0 Å². The lowest BCUT2D eigenvalue weighted by Crippen LogP contribution is -2.44. The summed E-state index contributed by atoms with van der Waals surface area (Å²) in [6.07, 6.45) is 5.68. The molecule has 0 saturated carbocycles. The smallest absolute Gasteiger partial charge is 0.317 e. The number of hydrogen-bond donors (Lipinski definition) is 3. The zero-order valence-electron chi connectivity index (χ0n) is 19.2. The number of nitrogens with two attached hydrogens (primary N) is 2. The van der Waals surface area contributed by atoms with Crippen LogP contribution in [0.3, 0.4) is 0 Å². The van der Waals surface area contributed by atoms with Crippen LogP contribution < -0.4 is 16.8 Å². The molecule has 5 rings (SSSR count). The van der Waals surface area contributed by atoms with E-state index in [0.29, 0.717) is 35.0 Å². The molecule has 0 aliphatic carbocycles. The second-order valence-corrected chi connectivity index (χ2v) is 9.72. The fourth-order valence-corrected chi connectivity index (χ4v) is 5.61. The Labute approximate surface area is 206 Å². The second-order valence-electron chi connectivity index (χ2n) is 8.72. The van der Waals surface area contributed by atoms with E-state index < -0.39 is 5.91 Å². The molecular formula is C26H27N5O3S. The van der Waals surface area contributed by atoms with Gasteiger partial charge in [-0.25, -0.2) is 9.78 Å². The quantitative estimate of drug-likeness (QED) is 0.371. The average Bonchev–Trinajstić information content (AvgIpc) is 3.53. The maximum absolute atomic E-state index is 12.7. The number of thiophene rings is 1. The molecule has 1 aliphatic heterocycles. The Bertz CT molecular complexity index is 1340. The van der Waals surface area contributed by atoms with Gasteiger partial charge < -0.3 is 26.1 Å². The van der Waals surface area contributed by atoms with Gasteiger partial charge in [0.25, 0.3) is 5.91 Å². The minimum atomic E-state index is -0.559. The molecule has 1 fully saturated rings. The van der Waals surface area contributed by atoms with Crippen molar-refractivity contribution in [2.75, 3.05) is 25.4 Å². The number of amides is 3. The number of fused-ring (bicyclic) bond motifs is 1. The van der Waals surface area contributed by atoms with E-state index in [2.05, 4.69) is 17.4 Å². The Kier molecular flexibility index (Phi) is 6.41. The molecule has 4 heterocycles. The molecule has 180 valence electrons. The number of aromatic nitrogens is 1. The number of nitrogens with one attached hydrogen (secondary N) is 1. The van der Waals surface area contributed by atoms with Crippen LogP contribution in [0, 0.1) is 0 Å². The largest absolute Gasteiger partial charge is 0.472 e. The maximum Gasteiger partial charge on any atom is 0.317 e. The molecule has 9 heteroatoms. The van der Waals surface area contributed by atoms with E-state index in [9.17, 15) is 9.59 Å². The van der Waals surface area contributed by atoms with Crippen LogP contribution in [0.25, 0.3) is 21.3 Å². The van der Waals surface area contributed by atoms with Crippen molar-refractivity contribution in [2.45, 2.75) is 25.2 Å². The minimum Gasteiger partial charge on any atom is -0.472 e. The van der Waals surface area contributed by atoms with Gasteiger partial charge in [0.05, 0.1) is 18.2 Å². The molecule has 8 nitrogen and oxygen atoms in total. The second kappa shape index (κ2) is 9.79. The fourth-order valence-electron chi connectivity index (χ4n) is 4.63. The number of nitrogens with zero attached hydrogens (tertiary/aromatic N) is 2. The number of anilines is 1. The third kappa shape index (κ3) is 4.72. The van der Waals surface area contributed by atoms with E-state index in [1.807, 2.05) is 35.2 Å². The predicted octanol–water partition coefficient (Wildman–Crippen LogP) is 4.37. The number of carbonyl (C=O) groups is 2. The van der Waals surface area contributed by atoms with Gasteiger partial charge >= 0.3 is 6.03 Å². The van der Waals surface area contributed by atoms with Crippen LogP contribution in [0.2, 0.25) is 0 Å². The SMILES string of the molecule is NC(=O)c1sc2nc(C3CCN(C(=O)NCCc4ccccc4)CC3)cc(-c3ccoc3)c2c1N. The summed E-state index contributed by atoms with van der Waals surface area (Å²) in [7, 11) is 0. The summed E-state index contributed by atoms with van der Waals surface area (Å²) in [6, 6.07) is 14.0. The zero-order chi connectivity index (χ0) is 24.4. The molecule has 4 aromatic rings. The van der Waals surface area contributed by atoms with Crippen molar-refractivity contribution >= 4 is 39.2 Å². The van der Waals surface area contributed by atoms with Crippen LogP contribution in [0.4, 0.5) is 10.5 Å². The minimum absolute atomic E-state index is 0.0287. The normalized spacial score (nSPS) is 14.3. The van der Waals surface area contributed by atoms with Crippen LogP contribution in [-0.2, 0) is 6.42 Å². The lowest BCUT2D eigenvalue weighted by atomic mass is 9.91. The molecule has 3 amide bonds.